The highest BCUT2D eigenvalue weighted by atomic mass is 16.3. The molecule has 2 nitrogen and oxygen atoms in total. The molecule has 0 fully saturated rings. The van der Waals surface area contributed by atoms with Gasteiger partial charge in [0.2, 0.25) is 0 Å². The summed E-state index contributed by atoms with van der Waals surface area (Å²) in [6, 6.07) is 13.5. The maximum absolute atomic E-state index is 10.3. The fraction of sp³-hybridized carbons (Fsp3) is 0.250. The van der Waals surface area contributed by atoms with Crippen molar-refractivity contribution in [2.24, 2.45) is 0 Å². The Labute approximate surface area is 108 Å². The van der Waals surface area contributed by atoms with Crippen LogP contribution in [-0.2, 0) is 6.42 Å². The lowest BCUT2D eigenvalue weighted by Crippen LogP contribution is -1.94. The van der Waals surface area contributed by atoms with Gasteiger partial charge in [0, 0.05) is 11.1 Å². The summed E-state index contributed by atoms with van der Waals surface area (Å²) in [6.07, 6.45) is 0.243. The smallest absolute Gasteiger partial charge is 0.129 e. The van der Waals surface area contributed by atoms with Crippen molar-refractivity contribution in [1.29, 1.82) is 0 Å². The number of benzene rings is 2. The molecule has 0 saturated carbocycles. The van der Waals surface area contributed by atoms with Crippen LogP contribution in [0.15, 0.2) is 42.5 Å². The van der Waals surface area contributed by atoms with Crippen LogP contribution in [0.4, 0.5) is 0 Å². The van der Waals surface area contributed by atoms with E-state index in [1.165, 1.54) is 5.56 Å². The number of aromatic hydroxyl groups is 1. The lowest BCUT2D eigenvalue weighted by molar-refractivity contribution is 0.195. The van der Waals surface area contributed by atoms with Gasteiger partial charge < -0.3 is 10.2 Å². The van der Waals surface area contributed by atoms with Gasteiger partial charge in [-0.2, -0.15) is 0 Å². The third-order valence-corrected chi connectivity index (χ3v) is 3.21. The lowest BCUT2D eigenvalue weighted by atomic mass is 9.94. The van der Waals surface area contributed by atoms with Crippen LogP contribution in [0.1, 0.15) is 31.1 Å². The fourth-order valence-electron chi connectivity index (χ4n) is 2.21. The Kier molecular flexibility index (Phi) is 3.68. The Morgan fingerprint density at radius 3 is 2.33 bits per heavy atom. The summed E-state index contributed by atoms with van der Waals surface area (Å²) in [4.78, 5) is 0. The van der Waals surface area contributed by atoms with Crippen LogP contribution in [0.25, 0.3) is 11.1 Å². The monoisotopic (exact) mass is 242 g/mol. The largest absolute Gasteiger partial charge is 0.507 e. The average molecular weight is 242 g/mol. The van der Waals surface area contributed by atoms with Crippen LogP contribution in [0.3, 0.4) is 0 Å². The molecule has 0 aliphatic carbocycles. The highest BCUT2D eigenvalue weighted by Gasteiger charge is 2.13. The van der Waals surface area contributed by atoms with Crippen LogP contribution in [0.5, 0.6) is 5.75 Å². The van der Waals surface area contributed by atoms with Crippen LogP contribution in [0.2, 0.25) is 0 Å². The van der Waals surface area contributed by atoms with Crippen LogP contribution < -0.4 is 0 Å². The minimum atomic E-state index is -0.668. The molecular formula is C16H18O2. The summed E-state index contributed by atoms with van der Waals surface area (Å²) in [5.74, 6) is 0.174. The number of phenolic OH excluding ortho intramolecular Hbond substituents is 1. The number of aliphatic hydroxyl groups excluding tert-OH is 1. The van der Waals surface area contributed by atoms with Gasteiger partial charge >= 0.3 is 0 Å². The van der Waals surface area contributed by atoms with E-state index in [4.69, 9.17) is 0 Å². The molecule has 18 heavy (non-hydrogen) atoms. The lowest BCUT2D eigenvalue weighted by Gasteiger charge is -2.14. The molecular weight excluding hydrogens is 224 g/mol. The van der Waals surface area contributed by atoms with Gasteiger partial charge in [-0.05, 0) is 24.5 Å². The standard InChI is InChI=1S/C16H18O2/c1-3-12-7-4-5-8-14(12)15-10-6-9-13(11(2)17)16(15)18/h4-11,17-18H,3H2,1-2H3. The van der Waals surface area contributed by atoms with Crippen LogP contribution in [0, 0.1) is 0 Å². The maximum atomic E-state index is 10.3. The third kappa shape index (κ3) is 2.24. The summed E-state index contributed by atoms with van der Waals surface area (Å²) in [6.45, 7) is 3.75. The molecule has 0 aromatic heterocycles. The zero-order chi connectivity index (χ0) is 13.1. The minimum absolute atomic E-state index is 0.174. The van der Waals surface area contributed by atoms with Crippen LogP contribution >= 0.6 is 0 Å². The number of aryl methyl sites for hydroxylation is 1. The molecule has 0 radical (unpaired) electrons. The highest BCUT2D eigenvalue weighted by Crippen LogP contribution is 2.36. The molecule has 1 atom stereocenters. The summed E-state index contributed by atoms with van der Waals surface area (Å²) in [7, 11) is 0. The first kappa shape index (κ1) is 12.7. The average Bonchev–Trinajstić information content (AvgIpc) is 2.38. The molecule has 2 aromatic rings. The normalized spacial score (nSPS) is 12.4. The van der Waals surface area contributed by atoms with Crippen molar-refractivity contribution in [1.82, 2.24) is 0 Å². The van der Waals surface area contributed by atoms with Crippen molar-refractivity contribution in [2.45, 2.75) is 26.4 Å². The molecule has 0 bridgehead atoms. The van der Waals surface area contributed by atoms with E-state index in [1.807, 2.05) is 30.3 Å². The topological polar surface area (TPSA) is 40.5 Å². The zero-order valence-electron chi connectivity index (χ0n) is 10.7. The molecule has 0 spiro atoms. The van der Waals surface area contributed by atoms with E-state index in [1.54, 1.807) is 13.0 Å². The second-order valence-electron chi connectivity index (χ2n) is 4.43. The van der Waals surface area contributed by atoms with Gasteiger partial charge in [0.05, 0.1) is 6.10 Å². The number of hydrogen-bond donors (Lipinski definition) is 2. The molecule has 0 saturated heterocycles. The summed E-state index contributed by atoms with van der Waals surface area (Å²) in [5, 5.41) is 19.9. The van der Waals surface area contributed by atoms with E-state index in [0.29, 0.717) is 5.56 Å². The molecule has 0 aliphatic rings. The first-order valence-corrected chi connectivity index (χ1v) is 6.23. The second-order valence-corrected chi connectivity index (χ2v) is 4.43. The first-order valence-electron chi connectivity index (χ1n) is 6.23. The van der Waals surface area contributed by atoms with Gasteiger partial charge in [0.15, 0.2) is 0 Å². The molecule has 2 N–H and O–H groups in total. The Morgan fingerprint density at radius 1 is 1.00 bits per heavy atom. The predicted octanol–water partition coefficient (Wildman–Crippen LogP) is 3.67. The highest BCUT2D eigenvalue weighted by molar-refractivity contribution is 5.74. The van der Waals surface area contributed by atoms with Crippen molar-refractivity contribution < 1.29 is 10.2 Å². The van der Waals surface area contributed by atoms with Crippen molar-refractivity contribution in [3.63, 3.8) is 0 Å². The number of rotatable bonds is 3. The quantitative estimate of drug-likeness (QED) is 0.862. The first-order chi connectivity index (χ1) is 8.65. The van der Waals surface area contributed by atoms with E-state index >= 15 is 0 Å². The number of para-hydroxylation sites is 1. The van der Waals surface area contributed by atoms with Gasteiger partial charge in [-0.15, -0.1) is 0 Å². The molecule has 0 amide bonds. The van der Waals surface area contributed by atoms with Gasteiger partial charge in [0.1, 0.15) is 5.75 Å². The van der Waals surface area contributed by atoms with Gasteiger partial charge in [0.25, 0.3) is 0 Å². The van der Waals surface area contributed by atoms with E-state index in [9.17, 15) is 10.2 Å². The van der Waals surface area contributed by atoms with Gasteiger partial charge in [-0.3, -0.25) is 0 Å². The number of phenols is 1. The van der Waals surface area contributed by atoms with E-state index < -0.39 is 6.10 Å². The summed E-state index contributed by atoms with van der Waals surface area (Å²) < 4.78 is 0. The zero-order valence-corrected chi connectivity index (χ0v) is 10.7. The number of aliphatic hydroxyl groups is 1. The van der Waals surface area contributed by atoms with E-state index in [0.717, 1.165) is 17.5 Å². The predicted molar refractivity (Wildman–Crippen MR) is 73.6 cm³/mol. The summed E-state index contributed by atoms with van der Waals surface area (Å²) in [5.41, 5.74) is 3.57. The fourth-order valence-corrected chi connectivity index (χ4v) is 2.21. The molecule has 2 rings (SSSR count). The molecule has 1 unspecified atom stereocenters. The minimum Gasteiger partial charge on any atom is -0.507 e. The van der Waals surface area contributed by atoms with Crippen molar-refractivity contribution in [2.75, 3.05) is 0 Å². The Hall–Kier alpha value is -1.80. The van der Waals surface area contributed by atoms with Crippen molar-refractivity contribution in [3.05, 3.63) is 53.6 Å². The Balaban J connectivity index is 2.61. The molecule has 0 heterocycles. The van der Waals surface area contributed by atoms with Gasteiger partial charge in [-0.1, -0.05) is 49.4 Å². The molecule has 94 valence electrons. The van der Waals surface area contributed by atoms with Crippen LogP contribution in [-0.4, -0.2) is 10.2 Å². The SMILES string of the molecule is CCc1ccccc1-c1cccc(C(C)O)c1O. The second kappa shape index (κ2) is 5.23. The Morgan fingerprint density at radius 2 is 1.67 bits per heavy atom. The molecule has 2 aromatic carbocycles. The van der Waals surface area contributed by atoms with Crippen molar-refractivity contribution >= 4 is 0 Å². The molecule has 0 aliphatic heterocycles. The van der Waals surface area contributed by atoms with Gasteiger partial charge in [-0.25, -0.2) is 0 Å². The van der Waals surface area contributed by atoms with E-state index in [2.05, 4.69) is 13.0 Å². The number of hydrogen-bond acceptors (Lipinski definition) is 2. The third-order valence-electron chi connectivity index (χ3n) is 3.21. The van der Waals surface area contributed by atoms with Crippen molar-refractivity contribution in [3.8, 4) is 16.9 Å². The Bertz CT molecular complexity index is 545. The molecule has 2 heteroatoms. The maximum Gasteiger partial charge on any atom is 0.129 e. The summed E-state index contributed by atoms with van der Waals surface area (Å²) >= 11 is 0. The van der Waals surface area contributed by atoms with E-state index in [-0.39, 0.29) is 5.75 Å².